The number of thioether (sulfide) groups is 1. The summed E-state index contributed by atoms with van der Waals surface area (Å²) in [5, 5.41) is 0. The molecule has 0 aromatic heterocycles. The van der Waals surface area contributed by atoms with Gasteiger partial charge in [0.1, 0.15) is 0 Å². The van der Waals surface area contributed by atoms with Crippen LogP contribution in [0.3, 0.4) is 0 Å². The zero-order valence-corrected chi connectivity index (χ0v) is 12.0. The molecule has 18 heavy (non-hydrogen) atoms. The Kier molecular flexibility index (Phi) is 5.54. The summed E-state index contributed by atoms with van der Waals surface area (Å²) in [4.78, 5) is 2.55. The Morgan fingerprint density at radius 2 is 2.17 bits per heavy atom. The molecule has 1 aliphatic heterocycles. The number of nitrogens with zero attached hydrogens (tertiary/aromatic N) is 1. The van der Waals surface area contributed by atoms with Crippen molar-refractivity contribution >= 4 is 11.8 Å². The Morgan fingerprint density at radius 3 is 2.72 bits per heavy atom. The molecule has 2 nitrogen and oxygen atoms in total. The van der Waals surface area contributed by atoms with E-state index in [4.69, 9.17) is 5.73 Å². The predicted molar refractivity (Wildman–Crippen MR) is 80.8 cm³/mol. The lowest BCUT2D eigenvalue weighted by atomic mass is 9.97. The van der Waals surface area contributed by atoms with E-state index in [0.29, 0.717) is 6.04 Å². The highest BCUT2D eigenvalue weighted by molar-refractivity contribution is 7.99. The molecule has 0 amide bonds. The maximum absolute atomic E-state index is 6.03. The second-order valence-electron chi connectivity index (χ2n) is 4.98. The quantitative estimate of drug-likeness (QED) is 0.856. The number of benzene rings is 1. The van der Waals surface area contributed by atoms with Gasteiger partial charge in [0.15, 0.2) is 0 Å². The van der Waals surface area contributed by atoms with Gasteiger partial charge in [-0.05, 0) is 36.0 Å². The van der Waals surface area contributed by atoms with Crippen LogP contribution in [0.15, 0.2) is 30.3 Å². The molecular weight excluding hydrogens is 240 g/mol. The summed E-state index contributed by atoms with van der Waals surface area (Å²) >= 11 is 2.08. The Bertz CT molecular complexity index is 336. The molecule has 0 aliphatic carbocycles. The lowest BCUT2D eigenvalue weighted by Crippen LogP contribution is -2.45. The van der Waals surface area contributed by atoms with E-state index in [2.05, 4.69) is 53.9 Å². The largest absolute Gasteiger partial charge is 0.329 e. The maximum atomic E-state index is 6.03. The number of hydrogen-bond donors (Lipinski definition) is 1. The third-order valence-corrected chi connectivity index (χ3v) is 5.04. The summed E-state index contributed by atoms with van der Waals surface area (Å²) in [6.45, 7) is 5.14. The molecule has 1 fully saturated rings. The van der Waals surface area contributed by atoms with Gasteiger partial charge in [-0.15, -0.1) is 0 Å². The Labute approximate surface area is 115 Å². The van der Waals surface area contributed by atoms with E-state index in [0.717, 1.165) is 25.6 Å². The van der Waals surface area contributed by atoms with Crippen molar-refractivity contribution in [1.82, 2.24) is 4.90 Å². The molecule has 2 unspecified atom stereocenters. The van der Waals surface area contributed by atoms with Crippen LogP contribution in [0, 0.1) is 5.92 Å². The van der Waals surface area contributed by atoms with Crippen molar-refractivity contribution in [2.45, 2.75) is 25.9 Å². The zero-order valence-electron chi connectivity index (χ0n) is 11.2. The van der Waals surface area contributed by atoms with Crippen LogP contribution < -0.4 is 5.73 Å². The van der Waals surface area contributed by atoms with Crippen molar-refractivity contribution in [2.75, 3.05) is 24.6 Å². The molecule has 0 bridgehead atoms. The lowest BCUT2D eigenvalue weighted by Gasteiger charge is -2.34. The standard InChI is InChI=1S/C15H24N2S/c1-2-17(11-13-6-4-3-5-7-13)15(10-16)14-8-9-18-12-14/h3-7,14-15H,2,8-12,16H2,1H3. The molecule has 1 aromatic carbocycles. The van der Waals surface area contributed by atoms with Crippen molar-refractivity contribution < 1.29 is 0 Å². The maximum Gasteiger partial charge on any atom is 0.0258 e. The lowest BCUT2D eigenvalue weighted by molar-refractivity contribution is 0.155. The summed E-state index contributed by atoms with van der Waals surface area (Å²) in [5.74, 6) is 3.38. The molecule has 2 atom stereocenters. The van der Waals surface area contributed by atoms with E-state index in [-0.39, 0.29) is 0 Å². The van der Waals surface area contributed by atoms with Crippen LogP contribution in [0.25, 0.3) is 0 Å². The highest BCUT2D eigenvalue weighted by Gasteiger charge is 2.28. The molecule has 3 heteroatoms. The van der Waals surface area contributed by atoms with E-state index >= 15 is 0 Å². The van der Waals surface area contributed by atoms with Crippen LogP contribution in [0.2, 0.25) is 0 Å². The van der Waals surface area contributed by atoms with Crippen molar-refractivity contribution in [3.8, 4) is 0 Å². The van der Waals surface area contributed by atoms with Gasteiger partial charge in [-0.3, -0.25) is 4.90 Å². The molecule has 1 heterocycles. The highest BCUT2D eigenvalue weighted by Crippen LogP contribution is 2.29. The first-order valence-electron chi connectivity index (χ1n) is 6.91. The minimum absolute atomic E-state index is 0.546. The van der Waals surface area contributed by atoms with Gasteiger partial charge in [-0.25, -0.2) is 0 Å². The van der Waals surface area contributed by atoms with E-state index in [9.17, 15) is 0 Å². The molecule has 0 spiro atoms. The minimum Gasteiger partial charge on any atom is -0.329 e. The van der Waals surface area contributed by atoms with Crippen LogP contribution >= 0.6 is 11.8 Å². The Hall–Kier alpha value is -0.510. The monoisotopic (exact) mass is 264 g/mol. The molecule has 100 valence electrons. The fraction of sp³-hybridized carbons (Fsp3) is 0.600. The van der Waals surface area contributed by atoms with E-state index in [1.807, 2.05) is 0 Å². The second-order valence-corrected chi connectivity index (χ2v) is 6.13. The summed E-state index contributed by atoms with van der Waals surface area (Å²) in [6.07, 6.45) is 1.33. The molecule has 1 saturated heterocycles. The third kappa shape index (κ3) is 3.50. The number of likely N-dealkylation sites (N-methyl/N-ethyl adjacent to an activating group) is 1. The average Bonchev–Trinajstić information content (AvgIpc) is 2.93. The average molecular weight is 264 g/mol. The number of rotatable bonds is 6. The van der Waals surface area contributed by atoms with Crippen LogP contribution in [0.1, 0.15) is 18.9 Å². The van der Waals surface area contributed by atoms with Crippen LogP contribution in [-0.2, 0) is 6.54 Å². The van der Waals surface area contributed by atoms with Gasteiger partial charge in [-0.1, -0.05) is 37.3 Å². The molecule has 0 radical (unpaired) electrons. The number of nitrogens with two attached hydrogens (primary N) is 1. The molecule has 2 N–H and O–H groups in total. The van der Waals surface area contributed by atoms with Crippen molar-refractivity contribution in [3.63, 3.8) is 0 Å². The first kappa shape index (κ1) is 13.9. The van der Waals surface area contributed by atoms with Gasteiger partial charge in [0.2, 0.25) is 0 Å². The Balaban J connectivity index is 2.01. The van der Waals surface area contributed by atoms with E-state index < -0.39 is 0 Å². The van der Waals surface area contributed by atoms with Crippen molar-refractivity contribution in [3.05, 3.63) is 35.9 Å². The Morgan fingerprint density at radius 1 is 1.39 bits per heavy atom. The summed E-state index contributed by atoms with van der Waals surface area (Å²) in [6, 6.07) is 11.3. The smallest absolute Gasteiger partial charge is 0.0258 e. The van der Waals surface area contributed by atoms with Crippen LogP contribution in [-0.4, -0.2) is 35.5 Å². The first-order valence-corrected chi connectivity index (χ1v) is 8.06. The number of hydrogen-bond acceptors (Lipinski definition) is 3. The van der Waals surface area contributed by atoms with Gasteiger partial charge in [0, 0.05) is 19.1 Å². The zero-order chi connectivity index (χ0) is 12.8. The van der Waals surface area contributed by atoms with E-state index in [1.165, 1.54) is 23.5 Å². The van der Waals surface area contributed by atoms with Crippen LogP contribution in [0.4, 0.5) is 0 Å². The SMILES string of the molecule is CCN(Cc1ccccc1)C(CN)C1CCSC1. The summed E-state index contributed by atoms with van der Waals surface area (Å²) < 4.78 is 0. The normalized spacial score (nSPS) is 21.4. The predicted octanol–water partition coefficient (Wildman–Crippen LogP) is 2.59. The van der Waals surface area contributed by atoms with Crippen LogP contribution in [0.5, 0.6) is 0 Å². The van der Waals surface area contributed by atoms with Gasteiger partial charge in [0.05, 0.1) is 0 Å². The highest BCUT2D eigenvalue weighted by atomic mass is 32.2. The molecular formula is C15H24N2S. The van der Waals surface area contributed by atoms with Gasteiger partial charge < -0.3 is 5.73 Å². The fourth-order valence-corrected chi connectivity index (χ4v) is 4.11. The summed E-state index contributed by atoms with van der Waals surface area (Å²) in [7, 11) is 0. The minimum atomic E-state index is 0.546. The topological polar surface area (TPSA) is 29.3 Å². The van der Waals surface area contributed by atoms with Gasteiger partial charge in [0.25, 0.3) is 0 Å². The fourth-order valence-electron chi connectivity index (χ4n) is 2.78. The molecule has 1 aliphatic rings. The third-order valence-electron chi connectivity index (χ3n) is 3.85. The summed E-state index contributed by atoms with van der Waals surface area (Å²) in [5.41, 5.74) is 7.42. The van der Waals surface area contributed by atoms with Gasteiger partial charge in [-0.2, -0.15) is 11.8 Å². The van der Waals surface area contributed by atoms with Crippen molar-refractivity contribution in [2.24, 2.45) is 11.7 Å². The van der Waals surface area contributed by atoms with E-state index in [1.54, 1.807) is 0 Å². The second kappa shape index (κ2) is 7.17. The molecule has 0 saturated carbocycles. The van der Waals surface area contributed by atoms with Crippen molar-refractivity contribution in [1.29, 1.82) is 0 Å². The van der Waals surface area contributed by atoms with Gasteiger partial charge >= 0.3 is 0 Å². The first-order chi connectivity index (χ1) is 8.85. The molecule has 2 rings (SSSR count). The molecule has 1 aromatic rings.